The van der Waals surface area contributed by atoms with Crippen molar-refractivity contribution < 1.29 is 19.0 Å². The molecule has 0 bridgehead atoms. The lowest BCUT2D eigenvalue weighted by Gasteiger charge is -2.21. The van der Waals surface area contributed by atoms with Gasteiger partial charge in [-0.1, -0.05) is 35.0 Å². The number of nitro groups is 1. The molecule has 1 aromatic heterocycles. The summed E-state index contributed by atoms with van der Waals surface area (Å²) in [6.45, 7) is 3.32. The van der Waals surface area contributed by atoms with Crippen LogP contribution in [0.4, 0.5) is 10.5 Å². The number of nitro benzene ring substituents is 1. The van der Waals surface area contributed by atoms with Crippen LogP contribution in [0.2, 0.25) is 0 Å². The number of carbonyl (C=O) groups excluding carboxylic acids is 2. The molecule has 30 heavy (non-hydrogen) atoms. The van der Waals surface area contributed by atoms with Gasteiger partial charge < -0.3 is 9.84 Å². The van der Waals surface area contributed by atoms with Gasteiger partial charge in [0.05, 0.1) is 4.92 Å². The number of benzene rings is 2. The first-order chi connectivity index (χ1) is 14.3. The third-order valence-corrected chi connectivity index (χ3v) is 5.00. The number of aromatic nitrogens is 2. The maximum absolute atomic E-state index is 13.0. The lowest BCUT2D eigenvalue weighted by molar-refractivity contribution is -0.384. The number of amides is 3. The van der Waals surface area contributed by atoms with Gasteiger partial charge in [0, 0.05) is 17.7 Å². The SMILES string of the molecule is Cc1ccc(-c2noc(CN3C(=O)NC(C)(c4ccc([N+](=O)[O-])cc4)C3=O)n2)cc1. The van der Waals surface area contributed by atoms with E-state index in [0.717, 1.165) is 16.0 Å². The third-order valence-electron chi connectivity index (χ3n) is 5.00. The van der Waals surface area contributed by atoms with Crippen molar-refractivity contribution in [3.05, 3.63) is 75.7 Å². The Morgan fingerprint density at radius 3 is 2.43 bits per heavy atom. The van der Waals surface area contributed by atoms with Gasteiger partial charge in [0.2, 0.25) is 11.7 Å². The summed E-state index contributed by atoms with van der Waals surface area (Å²) in [6, 6.07) is 12.4. The number of nitrogens with one attached hydrogen (secondary N) is 1. The van der Waals surface area contributed by atoms with Crippen LogP contribution in [0, 0.1) is 17.0 Å². The number of carbonyl (C=O) groups is 2. The van der Waals surface area contributed by atoms with Gasteiger partial charge in [0.15, 0.2) is 0 Å². The van der Waals surface area contributed by atoms with E-state index in [1.165, 1.54) is 24.3 Å². The van der Waals surface area contributed by atoms with Crippen LogP contribution in [-0.2, 0) is 16.9 Å². The first-order valence-corrected chi connectivity index (χ1v) is 9.06. The lowest BCUT2D eigenvalue weighted by Crippen LogP contribution is -2.40. The van der Waals surface area contributed by atoms with E-state index in [4.69, 9.17) is 4.52 Å². The number of hydrogen-bond acceptors (Lipinski definition) is 7. The fourth-order valence-electron chi connectivity index (χ4n) is 3.23. The van der Waals surface area contributed by atoms with Crippen LogP contribution in [0.3, 0.4) is 0 Å². The van der Waals surface area contributed by atoms with Crippen molar-refractivity contribution in [2.24, 2.45) is 0 Å². The van der Waals surface area contributed by atoms with Gasteiger partial charge in [-0.3, -0.25) is 19.8 Å². The van der Waals surface area contributed by atoms with Crippen molar-refractivity contribution in [3.8, 4) is 11.4 Å². The van der Waals surface area contributed by atoms with Crippen molar-refractivity contribution in [2.45, 2.75) is 25.9 Å². The Balaban J connectivity index is 1.54. The highest BCUT2D eigenvalue weighted by Gasteiger charge is 2.49. The van der Waals surface area contributed by atoms with Crippen molar-refractivity contribution >= 4 is 17.6 Å². The van der Waals surface area contributed by atoms with Crippen LogP contribution in [-0.4, -0.2) is 31.9 Å². The van der Waals surface area contributed by atoms with E-state index < -0.39 is 22.4 Å². The summed E-state index contributed by atoms with van der Waals surface area (Å²) in [4.78, 5) is 41.0. The highest BCUT2D eigenvalue weighted by Crippen LogP contribution is 2.31. The van der Waals surface area contributed by atoms with Gasteiger partial charge in [-0.15, -0.1) is 0 Å². The second-order valence-electron chi connectivity index (χ2n) is 7.13. The third kappa shape index (κ3) is 3.28. The Bertz CT molecular complexity index is 1140. The lowest BCUT2D eigenvalue weighted by atomic mass is 9.92. The van der Waals surface area contributed by atoms with E-state index in [2.05, 4.69) is 15.5 Å². The van der Waals surface area contributed by atoms with Crippen LogP contribution in [0.15, 0.2) is 53.1 Å². The van der Waals surface area contributed by atoms with Crippen LogP contribution in [0.5, 0.6) is 0 Å². The molecule has 3 amide bonds. The number of non-ortho nitro benzene ring substituents is 1. The van der Waals surface area contributed by atoms with Gasteiger partial charge in [0.25, 0.3) is 11.6 Å². The average molecular weight is 407 g/mol. The molecule has 1 saturated heterocycles. The molecule has 152 valence electrons. The summed E-state index contributed by atoms with van der Waals surface area (Å²) in [5.41, 5.74) is 0.813. The molecule has 0 saturated carbocycles. The van der Waals surface area contributed by atoms with Gasteiger partial charge in [-0.05, 0) is 31.5 Å². The maximum Gasteiger partial charge on any atom is 0.325 e. The zero-order valence-corrected chi connectivity index (χ0v) is 16.2. The second-order valence-corrected chi connectivity index (χ2v) is 7.13. The molecular weight excluding hydrogens is 390 g/mol. The van der Waals surface area contributed by atoms with E-state index in [1.54, 1.807) is 6.92 Å². The predicted molar refractivity (Wildman–Crippen MR) is 104 cm³/mol. The fraction of sp³-hybridized carbons (Fsp3) is 0.200. The van der Waals surface area contributed by atoms with E-state index >= 15 is 0 Å². The molecule has 2 heterocycles. The summed E-state index contributed by atoms with van der Waals surface area (Å²) in [5, 5.41) is 17.4. The number of aryl methyl sites for hydroxylation is 1. The molecular formula is C20H17N5O5. The van der Waals surface area contributed by atoms with Crippen LogP contribution >= 0.6 is 0 Å². The molecule has 0 radical (unpaired) electrons. The number of hydrogen-bond donors (Lipinski definition) is 1. The quantitative estimate of drug-likeness (QED) is 0.391. The Hall–Kier alpha value is -4.08. The summed E-state index contributed by atoms with van der Waals surface area (Å²) >= 11 is 0. The zero-order chi connectivity index (χ0) is 21.5. The van der Waals surface area contributed by atoms with Crippen LogP contribution in [0.25, 0.3) is 11.4 Å². The van der Waals surface area contributed by atoms with Gasteiger partial charge in [-0.2, -0.15) is 4.98 Å². The molecule has 0 spiro atoms. The van der Waals surface area contributed by atoms with Crippen molar-refractivity contribution in [1.82, 2.24) is 20.4 Å². The predicted octanol–water partition coefficient (Wildman–Crippen LogP) is 2.92. The first kappa shape index (κ1) is 19.2. The zero-order valence-electron chi connectivity index (χ0n) is 16.2. The van der Waals surface area contributed by atoms with E-state index in [1.807, 2.05) is 31.2 Å². The number of imide groups is 1. The molecule has 0 aliphatic carbocycles. The first-order valence-electron chi connectivity index (χ1n) is 9.06. The minimum absolute atomic E-state index is 0.106. The molecule has 1 N–H and O–H groups in total. The molecule has 3 aromatic rings. The minimum Gasteiger partial charge on any atom is -0.337 e. The Morgan fingerprint density at radius 2 is 1.80 bits per heavy atom. The molecule has 10 nitrogen and oxygen atoms in total. The summed E-state index contributed by atoms with van der Waals surface area (Å²) in [6.07, 6.45) is 0. The molecule has 4 rings (SSSR count). The Labute approximate surface area is 170 Å². The highest BCUT2D eigenvalue weighted by atomic mass is 16.6. The fourth-order valence-corrected chi connectivity index (χ4v) is 3.23. The second kappa shape index (κ2) is 7.07. The maximum atomic E-state index is 13.0. The highest BCUT2D eigenvalue weighted by molar-refractivity contribution is 6.07. The van der Waals surface area contributed by atoms with E-state index in [9.17, 15) is 19.7 Å². The Kier molecular flexibility index (Phi) is 4.53. The van der Waals surface area contributed by atoms with Crippen molar-refractivity contribution in [3.63, 3.8) is 0 Å². The number of urea groups is 1. The molecule has 1 aliphatic heterocycles. The summed E-state index contributed by atoms with van der Waals surface area (Å²) in [7, 11) is 0. The summed E-state index contributed by atoms with van der Waals surface area (Å²) < 4.78 is 5.21. The molecule has 1 fully saturated rings. The number of rotatable bonds is 5. The molecule has 10 heteroatoms. The molecule has 1 unspecified atom stereocenters. The van der Waals surface area contributed by atoms with Crippen molar-refractivity contribution in [2.75, 3.05) is 0 Å². The van der Waals surface area contributed by atoms with Crippen LogP contribution in [0.1, 0.15) is 23.9 Å². The van der Waals surface area contributed by atoms with Gasteiger partial charge in [-0.25, -0.2) is 4.79 Å². The summed E-state index contributed by atoms with van der Waals surface area (Å²) in [5.74, 6) is -0.0475. The minimum atomic E-state index is -1.36. The Morgan fingerprint density at radius 1 is 1.13 bits per heavy atom. The van der Waals surface area contributed by atoms with Gasteiger partial charge >= 0.3 is 6.03 Å². The van der Waals surface area contributed by atoms with Gasteiger partial charge in [0.1, 0.15) is 12.1 Å². The van der Waals surface area contributed by atoms with E-state index in [-0.39, 0.29) is 18.1 Å². The standard InChI is InChI=1S/C20H17N5O5/c1-12-3-5-13(6-4-12)17-21-16(30-23-17)11-24-18(26)20(2,22-19(24)27)14-7-9-15(10-8-14)25(28)29/h3-10H,11H2,1-2H3,(H,22,27). The topological polar surface area (TPSA) is 131 Å². The largest absolute Gasteiger partial charge is 0.337 e. The molecule has 1 aliphatic rings. The smallest absolute Gasteiger partial charge is 0.325 e. The average Bonchev–Trinajstić information content (AvgIpc) is 3.28. The molecule has 2 aromatic carbocycles. The van der Waals surface area contributed by atoms with Crippen LogP contribution < -0.4 is 5.32 Å². The van der Waals surface area contributed by atoms with Crippen molar-refractivity contribution in [1.29, 1.82) is 0 Å². The molecule has 1 atom stereocenters. The normalized spacial score (nSPS) is 18.5. The number of nitrogens with zero attached hydrogens (tertiary/aromatic N) is 4. The van der Waals surface area contributed by atoms with E-state index in [0.29, 0.717) is 11.4 Å². The monoisotopic (exact) mass is 407 g/mol.